The summed E-state index contributed by atoms with van der Waals surface area (Å²) in [5, 5.41) is 2.98. The van der Waals surface area contributed by atoms with Crippen LogP contribution in [0.2, 0.25) is 0 Å². The third-order valence-electron chi connectivity index (χ3n) is 3.96. The van der Waals surface area contributed by atoms with Gasteiger partial charge in [0.1, 0.15) is 11.5 Å². The normalized spacial score (nSPS) is 16.9. The van der Waals surface area contributed by atoms with Gasteiger partial charge < -0.3 is 14.5 Å². The zero-order valence-corrected chi connectivity index (χ0v) is 13.2. The molecule has 1 aliphatic heterocycles. The van der Waals surface area contributed by atoms with E-state index in [2.05, 4.69) is 15.2 Å². The highest BCUT2D eigenvalue weighted by Crippen LogP contribution is 2.23. The number of hydrogen-bond acceptors (Lipinski definition) is 5. The second kappa shape index (κ2) is 7.39. The van der Waals surface area contributed by atoms with Gasteiger partial charge in [-0.15, -0.1) is 0 Å². The molecule has 1 fully saturated rings. The van der Waals surface area contributed by atoms with Gasteiger partial charge in [0.25, 0.3) is 5.91 Å². The van der Waals surface area contributed by atoms with E-state index in [0.29, 0.717) is 25.3 Å². The first-order valence-electron chi connectivity index (χ1n) is 7.80. The third kappa shape index (κ3) is 3.97. The molecule has 6 heteroatoms. The number of carbonyl (C=O) groups excluding carboxylic acids is 1. The Kier molecular flexibility index (Phi) is 5.05. The lowest BCUT2D eigenvalue weighted by molar-refractivity contribution is 0.0117. The van der Waals surface area contributed by atoms with Crippen LogP contribution in [-0.2, 0) is 4.74 Å². The van der Waals surface area contributed by atoms with Gasteiger partial charge in [0.05, 0.1) is 24.8 Å². The van der Waals surface area contributed by atoms with Gasteiger partial charge in [-0.2, -0.15) is 0 Å². The van der Waals surface area contributed by atoms with Crippen molar-refractivity contribution >= 4 is 5.91 Å². The predicted octanol–water partition coefficient (Wildman–Crippen LogP) is 1.79. The zero-order chi connectivity index (χ0) is 16.1. The maximum Gasteiger partial charge on any atom is 0.252 e. The Labute approximate surface area is 135 Å². The molecule has 0 aliphatic carbocycles. The molecule has 1 saturated heterocycles. The SMILES string of the molecule is Cc1ccc(C(CNC(=O)c2cccnc2)N2CCOCC2)o1. The zero-order valence-electron chi connectivity index (χ0n) is 13.2. The Hall–Kier alpha value is -2.18. The summed E-state index contributed by atoms with van der Waals surface area (Å²) in [6, 6.07) is 7.44. The molecule has 0 aromatic carbocycles. The highest BCUT2D eigenvalue weighted by molar-refractivity contribution is 5.93. The van der Waals surface area contributed by atoms with Crippen molar-refractivity contribution in [2.24, 2.45) is 0 Å². The molecule has 0 bridgehead atoms. The van der Waals surface area contributed by atoms with Crippen LogP contribution < -0.4 is 5.32 Å². The van der Waals surface area contributed by atoms with Crippen LogP contribution in [0.3, 0.4) is 0 Å². The Bertz CT molecular complexity index is 636. The van der Waals surface area contributed by atoms with Crippen LogP contribution in [0, 0.1) is 6.92 Å². The van der Waals surface area contributed by atoms with Crippen LogP contribution in [-0.4, -0.2) is 48.6 Å². The standard InChI is InChI=1S/C17H21N3O3/c1-13-4-5-16(23-13)15(20-7-9-22-10-8-20)12-19-17(21)14-3-2-6-18-11-14/h2-6,11,15H,7-10,12H2,1H3,(H,19,21). The number of hydrogen-bond donors (Lipinski definition) is 1. The molecule has 23 heavy (non-hydrogen) atoms. The molecular weight excluding hydrogens is 294 g/mol. The Morgan fingerprint density at radius 3 is 2.83 bits per heavy atom. The number of amides is 1. The summed E-state index contributed by atoms with van der Waals surface area (Å²) in [6.07, 6.45) is 3.22. The molecule has 0 radical (unpaired) electrons. The minimum atomic E-state index is -0.125. The Balaban J connectivity index is 1.69. The Morgan fingerprint density at radius 2 is 2.17 bits per heavy atom. The number of morpholine rings is 1. The summed E-state index contributed by atoms with van der Waals surface area (Å²) < 4.78 is 11.2. The van der Waals surface area contributed by atoms with E-state index in [4.69, 9.17) is 9.15 Å². The van der Waals surface area contributed by atoms with Crippen molar-refractivity contribution in [3.8, 4) is 0 Å². The molecule has 2 aromatic rings. The predicted molar refractivity (Wildman–Crippen MR) is 85.1 cm³/mol. The fraction of sp³-hybridized carbons (Fsp3) is 0.412. The van der Waals surface area contributed by atoms with Crippen LogP contribution in [0.25, 0.3) is 0 Å². The molecule has 1 amide bonds. The molecule has 122 valence electrons. The molecule has 1 unspecified atom stereocenters. The summed E-state index contributed by atoms with van der Waals surface area (Å²) >= 11 is 0. The van der Waals surface area contributed by atoms with Crippen LogP contribution in [0.15, 0.2) is 41.1 Å². The number of ether oxygens (including phenoxy) is 1. The van der Waals surface area contributed by atoms with Gasteiger partial charge in [0.2, 0.25) is 0 Å². The van der Waals surface area contributed by atoms with E-state index in [1.54, 1.807) is 24.5 Å². The fourth-order valence-electron chi connectivity index (χ4n) is 2.72. The summed E-state index contributed by atoms with van der Waals surface area (Å²) in [5.74, 6) is 1.62. The van der Waals surface area contributed by atoms with Crippen molar-refractivity contribution in [2.45, 2.75) is 13.0 Å². The molecule has 1 N–H and O–H groups in total. The first-order valence-corrected chi connectivity index (χ1v) is 7.80. The quantitative estimate of drug-likeness (QED) is 0.911. The maximum atomic E-state index is 12.2. The Morgan fingerprint density at radius 1 is 1.35 bits per heavy atom. The van der Waals surface area contributed by atoms with Gasteiger partial charge in [-0.1, -0.05) is 0 Å². The first kappa shape index (κ1) is 15.7. The minimum Gasteiger partial charge on any atom is -0.465 e. The number of pyridine rings is 1. The average Bonchev–Trinajstić information content (AvgIpc) is 3.03. The molecule has 0 spiro atoms. The number of carbonyl (C=O) groups is 1. The topological polar surface area (TPSA) is 67.6 Å². The smallest absolute Gasteiger partial charge is 0.252 e. The second-order valence-corrected chi connectivity index (χ2v) is 5.56. The molecular formula is C17H21N3O3. The number of rotatable bonds is 5. The average molecular weight is 315 g/mol. The van der Waals surface area contributed by atoms with Gasteiger partial charge in [0.15, 0.2) is 0 Å². The lowest BCUT2D eigenvalue weighted by atomic mass is 10.1. The molecule has 1 aliphatic rings. The summed E-state index contributed by atoms with van der Waals surface area (Å²) in [6.45, 7) is 5.47. The lowest BCUT2D eigenvalue weighted by Crippen LogP contribution is -2.43. The largest absolute Gasteiger partial charge is 0.465 e. The van der Waals surface area contributed by atoms with Crippen molar-refractivity contribution in [1.82, 2.24) is 15.2 Å². The van der Waals surface area contributed by atoms with E-state index in [1.807, 2.05) is 19.1 Å². The lowest BCUT2D eigenvalue weighted by Gasteiger charge is -2.33. The van der Waals surface area contributed by atoms with Crippen molar-refractivity contribution in [1.29, 1.82) is 0 Å². The van der Waals surface area contributed by atoms with Gasteiger partial charge in [-0.25, -0.2) is 0 Å². The van der Waals surface area contributed by atoms with E-state index in [9.17, 15) is 4.79 Å². The maximum absolute atomic E-state index is 12.2. The van der Waals surface area contributed by atoms with Crippen LogP contribution in [0.1, 0.15) is 27.9 Å². The van der Waals surface area contributed by atoms with Crippen LogP contribution >= 0.6 is 0 Å². The summed E-state index contributed by atoms with van der Waals surface area (Å²) in [7, 11) is 0. The van der Waals surface area contributed by atoms with E-state index in [-0.39, 0.29) is 11.9 Å². The van der Waals surface area contributed by atoms with E-state index in [0.717, 1.165) is 24.6 Å². The van der Waals surface area contributed by atoms with E-state index < -0.39 is 0 Å². The minimum absolute atomic E-state index is 0.00761. The first-order chi connectivity index (χ1) is 11.2. The van der Waals surface area contributed by atoms with E-state index >= 15 is 0 Å². The van der Waals surface area contributed by atoms with Gasteiger partial charge in [-0.05, 0) is 31.2 Å². The van der Waals surface area contributed by atoms with Crippen LogP contribution in [0.5, 0.6) is 0 Å². The molecule has 3 rings (SSSR count). The van der Waals surface area contributed by atoms with Gasteiger partial charge >= 0.3 is 0 Å². The number of nitrogens with one attached hydrogen (secondary N) is 1. The summed E-state index contributed by atoms with van der Waals surface area (Å²) in [4.78, 5) is 18.5. The monoisotopic (exact) mass is 315 g/mol. The number of nitrogens with zero attached hydrogens (tertiary/aromatic N) is 2. The van der Waals surface area contributed by atoms with Crippen molar-refractivity contribution in [3.63, 3.8) is 0 Å². The number of aryl methyl sites for hydroxylation is 1. The van der Waals surface area contributed by atoms with Crippen molar-refractivity contribution in [3.05, 3.63) is 53.7 Å². The molecule has 1 atom stereocenters. The van der Waals surface area contributed by atoms with Crippen molar-refractivity contribution in [2.75, 3.05) is 32.8 Å². The summed E-state index contributed by atoms with van der Waals surface area (Å²) in [5.41, 5.74) is 0.559. The number of furan rings is 1. The molecule has 3 heterocycles. The van der Waals surface area contributed by atoms with E-state index in [1.165, 1.54) is 0 Å². The van der Waals surface area contributed by atoms with Gasteiger partial charge in [0, 0.05) is 32.0 Å². The highest BCUT2D eigenvalue weighted by atomic mass is 16.5. The molecule has 6 nitrogen and oxygen atoms in total. The van der Waals surface area contributed by atoms with Gasteiger partial charge in [-0.3, -0.25) is 14.7 Å². The second-order valence-electron chi connectivity index (χ2n) is 5.56. The van der Waals surface area contributed by atoms with Crippen molar-refractivity contribution < 1.29 is 13.9 Å². The fourth-order valence-corrected chi connectivity index (χ4v) is 2.72. The highest BCUT2D eigenvalue weighted by Gasteiger charge is 2.25. The number of aromatic nitrogens is 1. The third-order valence-corrected chi connectivity index (χ3v) is 3.96. The van der Waals surface area contributed by atoms with Crippen LogP contribution in [0.4, 0.5) is 0 Å². The molecule has 0 saturated carbocycles. The molecule has 2 aromatic heterocycles.